The number of nitrogens with zero attached hydrogens (tertiary/aromatic N) is 3. The predicted molar refractivity (Wildman–Crippen MR) is 80.0 cm³/mol. The van der Waals surface area contributed by atoms with Gasteiger partial charge in [0.25, 0.3) is 0 Å². The summed E-state index contributed by atoms with van der Waals surface area (Å²) < 4.78 is 4.51. The number of anilines is 1. The van der Waals surface area contributed by atoms with Crippen LogP contribution in [0.4, 0.5) is 5.13 Å². The molecule has 2 fully saturated rings. The number of nitrogens with one attached hydrogen (secondary N) is 1. The van der Waals surface area contributed by atoms with Gasteiger partial charge in [0.05, 0.1) is 0 Å². The van der Waals surface area contributed by atoms with Gasteiger partial charge in [-0.1, -0.05) is 13.8 Å². The van der Waals surface area contributed by atoms with Crippen LogP contribution < -0.4 is 10.2 Å². The fourth-order valence-corrected chi connectivity index (χ4v) is 3.39. The third kappa shape index (κ3) is 3.45. The lowest BCUT2D eigenvalue weighted by molar-refractivity contribution is 0.370. The van der Waals surface area contributed by atoms with Crippen LogP contribution >= 0.6 is 11.5 Å². The zero-order valence-electron chi connectivity index (χ0n) is 11.9. The van der Waals surface area contributed by atoms with E-state index in [2.05, 4.69) is 28.4 Å². The maximum atomic E-state index is 4.71. The molecule has 0 bridgehead atoms. The van der Waals surface area contributed by atoms with Crippen molar-refractivity contribution in [3.05, 3.63) is 5.82 Å². The van der Waals surface area contributed by atoms with E-state index in [0.717, 1.165) is 36.5 Å². The van der Waals surface area contributed by atoms with Gasteiger partial charge >= 0.3 is 0 Å². The van der Waals surface area contributed by atoms with Crippen LogP contribution in [0.15, 0.2) is 0 Å². The summed E-state index contributed by atoms with van der Waals surface area (Å²) in [5, 5.41) is 4.70. The van der Waals surface area contributed by atoms with Gasteiger partial charge in [-0.05, 0) is 38.1 Å². The lowest BCUT2D eigenvalue weighted by Gasteiger charge is -2.32. The Hall–Kier alpha value is -0.680. The molecule has 1 aliphatic carbocycles. The zero-order chi connectivity index (χ0) is 13.2. The second-order valence-corrected chi connectivity index (χ2v) is 6.93. The monoisotopic (exact) mass is 280 g/mol. The molecule has 1 N–H and O–H groups in total. The summed E-state index contributed by atoms with van der Waals surface area (Å²) in [6.45, 7) is 7.88. The van der Waals surface area contributed by atoms with Gasteiger partial charge in [-0.3, -0.25) is 0 Å². The first-order chi connectivity index (χ1) is 9.22. The van der Waals surface area contributed by atoms with Crippen molar-refractivity contribution < 1.29 is 0 Å². The molecule has 106 valence electrons. The fraction of sp³-hybridized carbons (Fsp3) is 0.857. The summed E-state index contributed by atoms with van der Waals surface area (Å²) in [5.41, 5.74) is 0. The summed E-state index contributed by atoms with van der Waals surface area (Å²) >= 11 is 1.59. The molecular weight excluding hydrogens is 256 g/mol. The summed E-state index contributed by atoms with van der Waals surface area (Å²) in [6.07, 6.45) is 5.13. The molecule has 0 unspecified atom stereocenters. The topological polar surface area (TPSA) is 41.0 Å². The molecule has 2 heterocycles. The Morgan fingerprint density at radius 2 is 2.00 bits per heavy atom. The molecule has 1 saturated carbocycles. The molecule has 1 aromatic heterocycles. The van der Waals surface area contributed by atoms with Gasteiger partial charge in [0, 0.05) is 36.6 Å². The fourth-order valence-electron chi connectivity index (χ4n) is 2.59. The number of hydrogen-bond donors (Lipinski definition) is 1. The Morgan fingerprint density at radius 3 is 2.63 bits per heavy atom. The van der Waals surface area contributed by atoms with Gasteiger partial charge in [-0.15, -0.1) is 0 Å². The number of piperidine rings is 1. The zero-order valence-corrected chi connectivity index (χ0v) is 12.7. The highest BCUT2D eigenvalue weighted by Gasteiger charge is 2.29. The molecule has 19 heavy (non-hydrogen) atoms. The van der Waals surface area contributed by atoms with E-state index in [9.17, 15) is 0 Å². The Labute approximate surface area is 119 Å². The highest BCUT2D eigenvalue weighted by Crippen LogP contribution is 2.40. The van der Waals surface area contributed by atoms with Crippen molar-refractivity contribution in [3.63, 3.8) is 0 Å². The van der Waals surface area contributed by atoms with Crippen LogP contribution in [-0.2, 0) is 0 Å². The summed E-state index contributed by atoms with van der Waals surface area (Å²) in [4.78, 5) is 7.14. The Kier molecular flexibility index (Phi) is 4.03. The molecule has 1 saturated heterocycles. The van der Waals surface area contributed by atoms with Gasteiger partial charge in [0.1, 0.15) is 5.82 Å². The standard InChI is InChI=1S/C14H24N4S/c1-10(2)15-9-11-5-7-18(8-6-11)14-16-13(17-19-14)12-3-4-12/h10-12,15H,3-9H2,1-2H3. The quantitative estimate of drug-likeness (QED) is 0.900. The molecule has 1 aromatic rings. The van der Waals surface area contributed by atoms with E-state index in [1.165, 1.54) is 25.7 Å². The van der Waals surface area contributed by atoms with E-state index in [4.69, 9.17) is 4.98 Å². The minimum atomic E-state index is 0.599. The number of rotatable bonds is 5. The molecule has 1 aliphatic heterocycles. The molecule has 5 heteroatoms. The normalized spacial score (nSPS) is 21.3. The minimum Gasteiger partial charge on any atom is -0.347 e. The predicted octanol–water partition coefficient (Wildman–Crippen LogP) is 2.63. The third-order valence-corrected chi connectivity index (χ3v) is 4.86. The van der Waals surface area contributed by atoms with Crippen molar-refractivity contribution >= 4 is 16.7 Å². The van der Waals surface area contributed by atoms with Crippen LogP contribution in [0.25, 0.3) is 0 Å². The SMILES string of the molecule is CC(C)NCC1CCN(c2nc(C3CC3)ns2)CC1. The summed E-state index contributed by atoms with van der Waals surface area (Å²) in [5.74, 6) is 2.61. The molecule has 2 aliphatic rings. The van der Waals surface area contributed by atoms with Gasteiger partial charge in [0.15, 0.2) is 0 Å². The Morgan fingerprint density at radius 1 is 1.26 bits per heavy atom. The average Bonchev–Trinajstić information content (AvgIpc) is 3.15. The number of aromatic nitrogens is 2. The van der Waals surface area contributed by atoms with Crippen LogP contribution in [0.3, 0.4) is 0 Å². The van der Waals surface area contributed by atoms with Crippen LogP contribution in [0.2, 0.25) is 0 Å². The molecule has 4 nitrogen and oxygen atoms in total. The maximum absolute atomic E-state index is 4.71. The first-order valence-corrected chi connectivity index (χ1v) is 8.31. The van der Waals surface area contributed by atoms with E-state index in [1.807, 2.05) is 0 Å². The van der Waals surface area contributed by atoms with E-state index >= 15 is 0 Å². The van der Waals surface area contributed by atoms with Crippen molar-refractivity contribution in [1.29, 1.82) is 0 Å². The lowest BCUT2D eigenvalue weighted by atomic mass is 9.97. The minimum absolute atomic E-state index is 0.599. The largest absolute Gasteiger partial charge is 0.347 e. The van der Waals surface area contributed by atoms with Gasteiger partial charge in [-0.25, -0.2) is 4.98 Å². The summed E-state index contributed by atoms with van der Waals surface area (Å²) in [6, 6.07) is 0.599. The van der Waals surface area contributed by atoms with Crippen molar-refractivity contribution in [2.75, 3.05) is 24.5 Å². The molecule has 0 aromatic carbocycles. The van der Waals surface area contributed by atoms with Crippen molar-refractivity contribution in [2.45, 2.75) is 51.5 Å². The van der Waals surface area contributed by atoms with Crippen molar-refractivity contribution in [3.8, 4) is 0 Å². The number of hydrogen-bond acceptors (Lipinski definition) is 5. The molecule has 0 atom stereocenters. The molecule has 0 radical (unpaired) electrons. The van der Waals surface area contributed by atoms with E-state index < -0.39 is 0 Å². The smallest absolute Gasteiger partial charge is 0.205 e. The molecule has 0 amide bonds. The van der Waals surface area contributed by atoms with Crippen LogP contribution in [0.1, 0.15) is 51.3 Å². The molecular formula is C14H24N4S. The van der Waals surface area contributed by atoms with E-state index in [-0.39, 0.29) is 0 Å². The maximum Gasteiger partial charge on any atom is 0.205 e. The van der Waals surface area contributed by atoms with Crippen LogP contribution in [0.5, 0.6) is 0 Å². The Balaban J connectivity index is 1.48. The summed E-state index contributed by atoms with van der Waals surface area (Å²) in [7, 11) is 0. The molecule has 0 spiro atoms. The Bertz CT molecular complexity index is 405. The second-order valence-electron chi connectivity index (χ2n) is 6.20. The highest BCUT2D eigenvalue weighted by molar-refractivity contribution is 7.09. The van der Waals surface area contributed by atoms with Crippen LogP contribution in [-0.4, -0.2) is 35.0 Å². The van der Waals surface area contributed by atoms with Crippen molar-refractivity contribution in [1.82, 2.24) is 14.7 Å². The van der Waals surface area contributed by atoms with E-state index in [1.54, 1.807) is 11.5 Å². The first kappa shape index (κ1) is 13.3. The second kappa shape index (κ2) is 5.75. The third-order valence-electron chi connectivity index (χ3n) is 4.07. The average molecular weight is 280 g/mol. The van der Waals surface area contributed by atoms with Crippen LogP contribution in [0, 0.1) is 5.92 Å². The first-order valence-electron chi connectivity index (χ1n) is 7.54. The highest BCUT2D eigenvalue weighted by atomic mass is 32.1. The van der Waals surface area contributed by atoms with Crippen molar-refractivity contribution in [2.24, 2.45) is 5.92 Å². The van der Waals surface area contributed by atoms with Gasteiger partial charge in [-0.2, -0.15) is 4.37 Å². The van der Waals surface area contributed by atoms with Gasteiger partial charge in [0.2, 0.25) is 5.13 Å². The molecule has 3 rings (SSSR count). The van der Waals surface area contributed by atoms with E-state index in [0.29, 0.717) is 12.0 Å². The lowest BCUT2D eigenvalue weighted by Crippen LogP contribution is -2.38. The van der Waals surface area contributed by atoms with Gasteiger partial charge < -0.3 is 10.2 Å².